The molecule has 130 valence electrons. The Bertz CT molecular complexity index is 949. The molecule has 0 saturated heterocycles. The van der Waals surface area contributed by atoms with E-state index in [0.717, 1.165) is 5.56 Å². The molecule has 0 bridgehead atoms. The van der Waals surface area contributed by atoms with Crippen LogP contribution in [0.2, 0.25) is 0 Å². The topological polar surface area (TPSA) is 55.4 Å². The van der Waals surface area contributed by atoms with E-state index in [1.54, 1.807) is 48.5 Å². The fourth-order valence-electron chi connectivity index (χ4n) is 2.69. The van der Waals surface area contributed by atoms with E-state index >= 15 is 0 Å². The molecular formula is C22H19NO3. The second-order valence-corrected chi connectivity index (χ2v) is 5.93. The van der Waals surface area contributed by atoms with Gasteiger partial charge in [-0.2, -0.15) is 0 Å². The Kier molecular flexibility index (Phi) is 5.13. The number of amides is 1. The molecule has 4 heteroatoms. The predicted molar refractivity (Wildman–Crippen MR) is 102 cm³/mol. The molecule has 0 fully saturated rings. The van der Waals surface area contributed by atoms with E-state index < -0.39 is 0 Å². The van der Waals surface area contributed by atoms with Crippen LogP contribution in [0.5, 0.6) is 5.75 Å². The summed E-state index contributed by atoms with van der Waals surface area (Å²) in [5.41, 5.74) is 3.10. The smallest absolute Gasteiger partial charge is 0.259 e. The van der Waals surface area contributed by atoms with Crippen LogP contribution in [0.4, 0.5) is 5.69 Å². The molecule has 0 aliphatic rings. The van der Waals surface area contributed by atoms with Crippen molar-refractivity contribution < 1.29 is 14.3 Å². The van der Waals surface area contributed by atoms with Gasteiger partial charge in [0.25, 0.3) is 5.91 Å². The molecule has 0 radical (unpaired) electrons. The summed E-state index contributed by atoms with van der Waals surface area (Å²) in [6.07, 6.45) is 0. The summed E-state index contributed by atoms with van der Waals surface area (Å²) in [7, 11) is 1.53. The van der Waals surface area contributed by atoms with Crippen molar-refractivity contribution in [1.82, 2.24) is 0 Å². The number of benzene rings is 3. The summed E-state index contributed by atoms with van der Waals surface area (Å²) in [4.78, 5) is 25.2. The summed E-state index contributed by atoms with van der Waals surface area (Å²) in [6, 6.07) is 21.4. The van der Waals surface area contributed by atoms with E-state index in [2.05, 4.69) is 5.32 Å². The maximum atomic E-state index is 12.6. The number of aryl methyl sites for hydroxylation is 1. The van der Waals surface area contributed by atoms with Gasteiger partial charge in [0, 0.05) is 16.8 Å². The zero-order chi connectivity index (χ0) is 18.5. The average Bonchev–Trinajstić information content (AvgIpc) is 2.68. The highest BCUT2D eigenvalue weighted by molar-refractivity contribution is 6.10. The number of ketones is 1. The molecule has 3 rings (SSSR count). The Morgan fingerprint density at radius 2 is 1.58 bits per heavy atom. The largest absolute Gasteiger partial charge is 0.496 e. The summed E-state index contributed by atoms with van der Waals surface area (Å²) >= 11 is 0. The minimum Gasteiger partial charge on any atom is -0.496 e. The number of carbonyl (C=O) groups excluding carboxylic acids is 2. The minimum atomic E-state index is -0.283. The highest BCUT2D eigenvalue weighted by Gasteiger charge is 2.14. The van der Waals surface area contributed by atoms with Gasteiger partial charge in [-0.25, -0.2) is 0 Å². The van der Waals surface area contributed by atoms with Crippen LogP contribution in [0, 0.1) is 6.92 Å². The molecule has 0 unspecified atom stereocenters. The number of rotatable bonds is 5. The van der Waals surface area contributed by atoms with Crippen LogP contribution < -0.4 is 10.1 Å². The lowest BCUT2D eigenvalue weighted by molar-refractivity contribution is 0.101. The van der Waals surface area contributed by atoms with Gasteiger partial charge in [-0.05, 0) is 31.2 Å². The first-order chi connectivity index (χ1) is 12.6. The Hall–Kier alpha value is -3.40. The summed E-state index contributed by atoms with van der Waals surface area (Å²) in [6.45, 7) is 1.91. The number of hydrogen-bond acceptors (Lipinski definition) is 3. The third-order valence-corrected chi connectivity index (χ3v) is 4.02. The van der Waals surface area contributed by atoms with Gasteiger partial charge in [0.15, 0.2) is 5.78 Å². The highest BCUT2D eigenvalue weighted by Crippen LogP contribution is 2.22. The molecule has 4 nitrogen and oxygen atoms in total. The zero-order valence-corrected chi connectivity index (χ0v) is 14.7. The quantitative estimate of drug-likeness (QED) is 0.693. The molecule has 1 N–H and O–H groups in total. The van der Waals surface area contributed by atoms with Crippen molar-refractivity contribution in [2.75, 3.05) is 12.4 Å². The van der Waals surface area contributed by atoms with E-state index in [1.807, 2.05) is 31.2 Å². The van der Waals surface area contributed by atoms with Crippen LogP contribution in [-0.4, -0.2) is 18.8 Å². The van der Waals surface area contributed by atoms with Crippen molar-refractivity contribution in [3.8, 4) is 5.75 Å². The summed E-state index contributed by atoms with van der Waals surface area (Å²) in [5, 5.41) is 2.84. The van der Waals surface area contributed by atoms with Crippen molar-refractivity contribution in [1.29, 1.82) is 0 Å². The maximum Gasteiger partial charge on any atom is 0.259 e. The number of hydrogen-bond donors (Lipinski definition) is 1. The highest BCUT2D eigenvalue weighted by atomic mass is 16.5. The van der Waals surface area contributed by atoms with E-state index in [1.165, 1.54) is 7.11 Å². The second kappa shape index (κ2) is 7.66. The normalized spacial score (nSPS) is 10.2. The van der Waals surface area contributed by atoms with E-state index in [9.17, 15) is 9.59 Å². The lowest BCUT2D eigenvalue weighted by Gasteiger charge is -2.11. The van der Waals surface area contributed by atoms with Gasteiger partial charge in [0.05, 0.1) is 12.7 Å². The lowest BCUT2D eigenvalue weighted by atomic mass is 10.0. The molecule has 0 aromatic heterocycles. The Balaban J connectivity index is 1.84. The van der Waals surface area contributed by atoms with Crippen LogP contribution in [0.25, 0.3) is 0 Å². The van der Waals surface area contributed by atoms with Crippen LogP contribution >= 0.6 is 0 Å². The number of nitrogens with one attached hydrogen (secondary N) is 1. The molecule has 0 aliphatic heterocycles. The Morgan fingerprint density at radius 3 is 2.31 bits per heavy atom. The van der Waals surface area contributed by atoms with Crippen molar-refractivity contribution in [3.63, 3.8) is 0 Å². The molecule has 26 heavy (non-hydrogen) atoms. The molecule has 0 spiro atoms. The molecule has 0 saturated carbocycles. The van der Waals surface area contributed by atoms with Gasteiger partial charge in [-0.15, -0.1) is 0 Å². The monoisotopic (exact) mass is 345 g/mol. The number of anilines is 1. The first-order valence-electron chi connectivity index (χ1n) is 8.24. The predicted octanol–water partition coefficient (Wildman–Crippen LogP) is 4.49. The fraction of sp³-hybridized carbons (Fsp3) is 0.0909. The first kappa shape index (κ1) is 17.4. The van der Waals surface area contributed by atoms with Crippen molar-refractivity contribution in [2.24, 2.45) is 0 Å². The number of carbonyl (C=O) groups is 2. The van der Waals surface area contributed by atoms with Gasteiger partial charge in [0.1, 0.15) is 5.75 Å². The number of methoxy groups -OCH3 is 1. The van der Waals surface area contributed by atoms with E-state index in [4.69, 9.17) is 4.74 Å². The maximum absolute atomic E-state index is 12.6. The lowest BCUT2D eigenvalue weighted by Crippen LogP contribution is -2.14. The fourth-order valence-corrected chi connectivity index (χ4v) is 2.69. The van der Waals surface area contributed by atoms with Gasteiger partial charge in [-0.3, -0.25) is 9.59 Å². The van der Waals surface area contributed by atoms with Crippen molar-refractivity contribution >= 4 is 17.4 Å². The third kappa shape index (κ3) is 3.81. The Morgan fingerprint density at radius 1 is 0.846 bits per heavy atom. The summed E-state index contributed by atoms with van der Waals surface area (Å²) in [5.74, 6) is 0.134. The van der Waals surface area contributed by atoms with Gasteiger partial charge in [0.2, 0.25) is 0 Å². The van der Waals surface area contributed by atoms with Crippen molar-refractivity contribution in [3.05, 3.63) is 95.1 Å². The molecular weight excluding hydrogens is 326 g/mol. The zero-order valence-electron chi connectivity index (χ0n) is 14.7. The van der Waals surface area contributed by atoms with Crippen LogP contribution in [0.1, 0.15) is 31.8 Å². The third-order valence-electron chi connectivity index (χ3n) is 4.02. The van der Waals surface area contributed by atoms with E-state index in [-0.39, 0.29) is 11.7 Å². The molecule has 3 aromatic carbocycles. The molecule has 3 aromatic rings. The molecule has 0 aliphatic carbocycles. The van der Waals surface area contributed by atoms with Gasteiger partial charge in [-0.1, -0.05) is 54.1 Å². The molecule has 0 heterocycles. The minimum absolute atomic E-state index is 0.0881. The second-order valence-electron chi connectivity index (χ2n) is 5.93. The van der Waals surface area contributed by atoms with Crippen LogP contribution in [0.15, 0.2) is 72.8 Å². The number of ether oxygens (including phenoxy) is 1. The van der Waals surface area contributed by atoms with Crippen LogP contribution in [0.3, 0.4) is 0 Å². The molecule has 1 amide bonds. The Labute approximate surface area is 152 Å². The van der Waals surface area contributed by atoms with E-state index in [0.29, 0.717) is 28.1 Å². The SMILES string of the molecule is COc1ccc(C)cc1C(=O)Nc1cccc(C(=O)c2ccccc2)c1. The van der Waals surface area contributed by atoms with Gasteiger partial charge >= 0.3 is 0 Å². The average molecular weight is 345 g/mol. The first-order valence-corrected chi connectivity index (χ1v) is 8.24. The molecule has 0 atom stereocenters. The van der Waals surface area contributed by atoms with Crippen molar-refractivity contribution in [2.45, 2.75) is 6.92 Å². The van der Waals surface area contributed by atoms with Gasteiger partial charge < -0.3 is 10.1 Å². The summed E-state index contributed by atoms with van der Waals surface area (Å²) < 4.78 is 5.26. The van der Waals surface area contributed by atoms with Crippen LogP contribution in [-0.2, 0) is 0 Å². The standard InChI is InChI=1S/C22H19NO3/c1-15-11-12-20(26-2)19(13-15)22(25)23-18-10-6-9-17(14-18)21(24)16-7-4-3-5-8-16/h3-14H,1-2H3,(H,23,25).